The van der Waals surface area contributed by atoms with Crippen molar-refractivity contribution in [1.29, 1.82) is 0 Å². The highest BCUT2D eigenvalue weighted by Gasteiger charge is 2.32. The van der Waals surface area contributed by atoms with Gasteiger partial charge >= 0.3 is 0 Å². The lowest BCUT2D eigenvalue weighted by atomic mass is 10.1. The average Bonchev–Trinajstić information content (AvgIpc) is 3.21. The summed E-state index contributed by atoms with van der Waals surface area (Å²) in [4.78, 5) is 20.1. The van der Waals surface area contributed by atoms with E-state index in [1.165, 1.54) is 0 Å². The van der Waals surface area contributed by atoms with E-state index >= 15 is 0 Å². The van der Waals surface area contributed by atoms with E-state index in [9.17, 15) is 4.79 Å². The van der Waals surface area contributed by atoms with Gasteiger partial charge in [-0.1, -0.05) is 6.07 Å². The number of nitrogens with one attached hydrogen (secondary N) is 4. The van der Waals surface area contributed by atoms with Crippen LogP contribution in [0.2, 0.25) is 0 Å². The number of carbonyl (C=O) groups excluding carboxylic acids is 1. The molecule has 4 N–H and O–H groups in total. The number of aromatic amines is 1. The number of nitrogens with zero attached hydrogens (tertiary/aromatic N) is 3. The Balaban J connectivity index is 1.43. The lowest BCUT2D eigenvalue weighted by Crippen LogP contribution is -3.10. The first-order valence-corrected chi connectivity index (χ1v) is 9.45. The quantitative estimate of drug-likeness (QED) is 0.629. The number of benzene rings is 1. The molecule has 0 radical (unpaired) electrons. The van der Waals surface area contributed by atoms with Crippen LogP contribution in [-0.4, -0.2) is 34.5 Å². The van der Waals surface area contributed by atoms with Gasteiger partial charge in [0, 0.05) is 29.1 Å². The third-order valence-corrected chi connectivity index (χ3v) is 5.00. The maximum atomic E-state index is 12.4. The molecule has 3 heterocycles. The van der Waals surface area contributed by atoms with Gasteiger partial charge < -0.3 is 10.2 Å². The number of amidine groups is 1. The Bertz CT molecular complexity index is 1020. The van der Waals surface area contributed by atoms with Crippen molar-refractivity contribution in [1.82, 2.24) is 15.5 Å². The largest absolute Gasteiger partial charge is 0.349 e. The van der Waals surface area contributed by atoms with Crippen molar-refractivity contribution in [2.45, 2.75) is 25.8 Å². The van der Waals surface area contributed by atoms with Crippen LogP contribution in [0.3, 0.4) is 0 Å². The predicted molar refractivity (Wildman–Crippen MR) is 107 cm³/mol. The Labute approximate surface area is 162 Å². The number of aliphatic imine (C=N–C) groups is 1. The number of hydrogen-bond donors (Lipinski definition) is 4. The van der Waals surface area contributed by atoms with Crippen LogP contribution in [0.1, 0.15) is 28.9 Å². The first kappa shape index (κ1) is 16.8. The standard InChI is InChI=1S/C20H21N7O/c1-13-9-17(25-24-13)23-19-12-26(11-18-21-7-8-27(18)19)16-4-2-3-14(10-16)20(28)22-15-5-6-15/h2-4,7-10,12,15H,5-6,11H2,1H3,(H,22,28)(H2,23,24,25)/p+1. The van der Waals surface area contributed by atoms with Gasteiger partial charge in [-0.05, 0) is 38.0 Å². The van der Waals surface area contributed by atoms with Crippen LogP contribution in [0.5, 0.6) is 0 Å². The van der Waals surface area contributed by atoms with E-state index in [0.717, 1.165) is 46.6 Å². The summed E-state index contributed by atoms with van der Waals surface area (Å²) in [7, 11) is 0. The van der Waals surface area contributed by atoms with Gasteiger partial charge in [-0.2, -0.15) is 5.10 Å². The van der Waals surface area contributed by atoms with Crippen molar-refractivity contribution in [2.24, 2.45) is 4.99 Å². The van der Waals surface area contributed by atoms with Crippen LogP contribution in [0.15, 0.2) is 59.7 Å². The Hall–Kier alpha value is -3.39. The van der Waals surface area contributed by atoms with Crippen molar-refractivity contribution in [3.63, 3.8) is 0 Å². The molecule has 0 bridgehead atoms. The second kappa shape index (κ2) is 6.65. The SMILES string of the molecule is Cc1cc(NC2=CN(c3cccc(C(=O)NC4CC4)c3)CC3=NC=C[NH+]23)n[nH]1. The maximum Gasteiger partial charge on any atom is 0.251 e. The van der Waals surface area contributed by atoms with Crippen LogP contribution < -0.4 is 20.4 Å². The summed E-state index contributed by atoms with van der Waals surface area (Å²) in [6.07, 6.45) is 8.02. The lowest BCUT2D eigenvalue weighted by molar-refractivity contribution is -0.698. The van der Waals surface area contributed by atoms with E-state index < -0.39 is 0 Å². The molecule has 8 heteroatoms. The van der Waals surface area contributed by atoms with Crippen molar-refractivity contribution in [3.05, 3.63) is 66.0 Å². The number of H-pyrrole nitrogens is 1. The summed E-state index contributed by atoms with van der Waals surface area (Å²) >= 11 is 0. The average molecular weight is 376 g/mol. The molecular weight excluding hydrogens is 354 g/mol. The van der Waals surface area contributed by atoms with Crippen molar-refractivity contribution >= 4 is 23.2 Å². The van der Waals surface area contributed by atoms with E-state index in [0.29, 0.717) is 18.2 Å². The summed E-state index contributed by atoms with van der Waals surface area (Å²) in [6.45, 7) is 2.62. The number of aromatic nitrogens is 2. The molecule has 28 heavy (non-hydrogen) atoms. The minimum atomic E-state index is -0.0113. The smallest absolute Gasteiger partial charge is 0.251 e. The minimum Gasteiger partial charge on any atom is -0.349 e. The highest BCUT2D eigenvalue weighted by Crippen LogP contribution is 2.22. The van der Waals surface area contributed by atoms with Crippen LogP contribution >= 0.6 is 0 Å². The highest BCUT2D eigenvalue weighted by atomic mass is 16.1. The fourth-order valence-electron chi connectivity index (χ4n) is 3.38. The summed E-state index contributed by atoms with van der Waals surface area (Å²) in [5.74, 6) is 2.67. The molecule has 142 valence electrons. The summed E-state index contributed by atoms with van der Waals surface area (Å²) < 4.78 is 0. The molecular formula is C20H22N7O+. The van der Waals surface area contributed by atoms with Crippen molar-refractivity contribution < 1.29 is 9.69 Å². The number of amides is 1. The maximum absolute atomic E-state index is 12.4. The first-order valence-electron chi connectivity index (χ1n) is 9.45. The summed E-state index contributed by atoms with van der Waals surface area (Å²) in [5, 5.41) is 13.6. The molecule has 0 saturated heterocycles. The minimum absolute atomic E-state index is 0.0113. The van der Waals surface area contributed by atoms with Gasteiger partial charge in [0.25, 0.3) is 5.91 Å². The lowest BCUT2D eigenvalue weighted by Gasteiger charge is -2.29. The molecule has 1 aromatic heterocycles. The number of hydrogen-bond acceptors (Lipinski definition) is 5. The molecule has 5 rings (SSSR count). The van der Waals surface area contributed by atoms with E-state index in [4.69, 9.17) is 0 Å². The first-order chi connectivity index (χ1) is 13.7. The molecule has 1 saturated carbocycles. The van der Waals surface area contributed by atoms with E-state index in [2.05, 4.69) is 30.7 Å². The Morgan fingerprint density at radius 3 is 3.00 bits per heavy atom. The van der Waals surface area contributed by atoms with Crippen molar-refractivity contribution in [3.8, 4) is 0 Å². The zero-order valence-corrected chi connectivity index (χ0v) is 15.6. The normalized spacial score (nSPS) is 20.5. The van der Waals surface area contributed by atoms with Crippen LogP contribution in [0, 0.1) is 6.92 Å². The van der Waals surface area contributed by atoms with Crippen LogP contribution in [-0.2, 0) is 0 Å². The number of aryl methyl sites for hydroxylation is 1. The molecule has 8 nitrogen and oxygen atoms in total. The van der Waals surface area contributed by atoms with Gasteiger partial charge in [-0.15, -0.1) is 0 Å². The molecule has 2 aliphatic heterocycles. The molecule has 1 atom stereocenters. The topological polar surface area (TPSA) is 89.8 Å². The number of quaternary nitrogens is 1. The molecule has 1 fully saturated rings. The molecule has 2 aromatic rings. The second-order valence-electron chi connectivity index (χ2n) is 7.34. The highest BCUT2D eigenvalue weighted by molar-refractivity contribution is 5.96. The molecule has 1 aliphatic carbocycles. The van der Waals surface area contributed by atoms with Crippen molar-refractivity contribution in [2.75, 3.05) is 16.8 Å². The second-order valence-corrected chi connectivity index (χ2v) is 7.34. The summed E-state index contributed by atoms with van der Waals surface area (Å²) in [5.41, 5.74) is 2.62. The molecule has 0 spiro atoms. The van der Waals surface area contributed by atoms with E-state index in [-0.39, 0.29) is 5.91 Å². The van der Waals surface area contributed by atoms with Gasteiger partial charge in [-0.25, -0.2) is 9.89 Å². The molecule has 3 aliphatic rings. The van der Waals surface area contributed by atoms with Gasteiger partial charge in [0.15, 0.2) is 5.82 Å². The fourth-order valence-corrected chi connectivity index (χ4v) is 3.38. The Morgan fingerprint density at radius 1 is 1.32 bits per heavy atom. The molecule has 1 amide bonds. The van der Waals surface area contributed by atoms with Crippen LogP contribution in [0.25, 0.3) is 0 Å². The van der Waals surface area contributed by atoms with Gasteiger partial charge in [0.05, 0.1) is 12.4 Å². The van der Waals surface area contributed by atoms with Crippen LogP contribution in [0.4, 0.5) is 11.5 Å². The number of anilines is 2. The zero-order valence-electron chi connectivity index (χ0n) is 15.6. The Morgan fingerprint density at radius 2 is 2.21 bits per heavy atom. The van der Waals surface area contributed by atoms with Gasteiger partial charge in [0.2, 0.25) is 11.7 Å². The number of rotatable bonds is 5. The van der Waals surface area contributed by atoms with Gasteiger partial charge in [-0.3, -0.25) is 15.2 Å². The fraction of sp³-hybridized carbons (Fsp3) is 0.250. The van der Waals surface area contributed by atoms with E-state index in [1.807, 2.05) is 55.9 Å². The third kappa shape index (κ3) is 3.29. The zero-order chi connectivity index (χ0) is 19.1. The van der Waals surface area contributed by atoms with Gasteiger partial charge in [0.1, 0.15) is 12.7 Å². The number of fused-ring (bicyclic) bond motifs is 1. The molecule has 1 unspecified atom stereocenters. The van der Waals surface area contributed by atoms with E-state index in [1.54, 1.807) is 0 Å². The summed E-state index contributed by atoms with van der Waals surface area (Å²) in [6, 6.07) is 10.0. The predicted octanol–water partition coefficient (Wildman–Crippen LogP) is 1.11. The Kier molecular flexibility index (Phi) is 3.98. The number of carbonyl (C=O) groups is 1. The third-order valence-electron chi connectivity index (χ3n) is 5.00. The monoisotopic (exact) mass is 376 g/mol. The molecule has 1 aromatic carbocycles.